The van der Waals surface area contributed by atoms with E-state index in [0.717, 1.165) is 0 Å². The Labute approximate surface area is 112 Å². The first-order valence-electron chi connectivity index (χ1n) is 6.02. The highest BCUT2D eigenvalue weighted by Gasteiger charge is 2.28. The molecule has 1 rings (SSSR count). The van der Waals surface area contributed by atoms with Crippen LogP contribution in [0.1, 0.15) is 32.4 Å². The Balaban J connectivity index is 3.32. The van der Waals surface area contributed by atoms with Gasteiger partial charge in [-0.25, -0.2) is 0 Å². The zero-order chi connectivity index (χ0) is 14.8. The highest BCUT2D eigenvalue weighted by atomic mass is 16.6. The van der Waals surface area contributed by atoms with Crippen LogP contribution >= 0.6 is 0 Å². The predicted octanol–water partition coefficient (Wildman–Crippen LogP) is 1.86. The molecule has 0 aliphatic rings. The first-order valence-corrected chi connectivity index (χ1v) is 6.02. The zero-order valence-corrected chi connectivity index (χ0v) is 11.6. The Kier molecular flexibility index (Phi) is 4.49. The van der Waals surface area contributed by atoms with Crippen LogP contribution < -0.4 is 4.90 Å². The number of hydrogen-bond donors (Lipinski definition) is 2. The fourth-order valence-electron chi connectivity index (χ4n) is 1.66. The molecule has 0 aliphatic carbocycles. The molecule has 0 aromatic heterocycles. The van der Waals surface area contributed by atoms with Crippen LogP contribution in [0.4, 0.5) is 11.4 Å². The molecular weight excluding hydrogens is 248 g/mol. The van der Waals surface area contributed by atoms with Crippen molar-refractivity contribution in [1.29, 1.82) is 0 Å². The summed E-state index contributed by atoms with van der Waals surface area (Å²) in [6.45, 7) is 5.01. The van der Waals surface area contributed by atoms with Gasteiger partial charge in [-0.05, 0) is 32.4 Å². The van der Waals surface area contributed by atoms with Gasteiger partial charge in [0.05, 0.1) is 23.2 Å². The number of nitro groups is 1. The van der Waals surface area contributed by atoms with Gasteiger partial charge in [-0.2, -0.15) is 0 Å². The molecule has 0 unspecified atom stereocenters. The maximum absolute atomic E-state index is 11.2. The van der Waals surface area contributed by atoms with E-state index in [1.165, 1.54) is 6.07 Å². The minimum Gasteiger partial charge on any atom is -0.394 e. The third-order valence-electron chi connectivity index (χ3n) is 3.33. The Hall–Kier alpha value is -1.66. The van der Waals surface area contributed by atoms with Crippen molar-refractivity contribution in [2.75, 3.05) is 18.6 Å². The van der Waals surface area contributed by atoms with Crippen LogP contribution in [0.2, 0.25) is 0 Å². The SMILES string of the molecule is C[C@@H](O)c1ccc(N(C)C(C)(C)CO)c([N+](=O)[O-])c1. The molecule has 0 fully saturated rings. The summed E-state index contributed by atoms with van der Waals surface area (Å²) in [5, 5.41) is 30.0. The van der Waals surface area contributed by atoms with Crippen molar-refractivity contribution >= 4 is 11.4 Å². The smallest absolute Gasteiger partial charge is 0.292 e. The van der Waals surface area contributed by atoms with Gasteiger partial charge in [-0.15, -0.1) is 0 Å². The molecule has 2 N–H and O–H groups in total. The van der Waals surface area contributed by atoms with E-state index >= 15 is 0 Å². The van der Waals surface area contributed by atoms with Gasteiger partial charge in [-0.3, -0.25) is 10.1 Å². The second-order valence-corrected chi connectivity index (χ2v) is 5.21. The van der Waals surface area contributed by atoms with Gasteiger partial charge in [0, 0.05) is 13.1 Å². The molecule has 0 aliphatic heterocycles. The number of likely N-dealkylation sites (N-methyl/N-ethyl adjacent to an activating group) is 1. The van der Waals surface area contributed by atoms with Crippen molar-refractivity contribution in [2.24, 2.45) is 0 Å². The number of nitro benzene ring substituents is 1. The first-order chi connectivity index (χ1) is 8.70. The van der Waals surface area contributed by atoms with Gasteiger partial charge in [0.25, 0.3) is 5.69 Å². The molecule has 1 aromatic rings. The van der Waals surface area contributed by atoms with Gasteiger partial charge in [0.2, 0.25) is 0 Å². The lowest BCUT2D eigenvalue weighted by molar-refractivity contribution is -0.384. The second-order valence-electron chi connectivity index (χ2n) is 5.21. The molecule has 106 valence electrons. The van der Waals surface area contributed by atoms with Gasteiger partial charge in [0.1, 0.15) is 5.69 Å². The number of anilines is 1. The molecule has 0 spiro atoms. The summed E-state index contributed by atoms with van der Waals surface area (Å²) >= 11 is 0. The number of benzene rings is 1. The molecule has 0 heterocycles. The fourth-order valence-corrected chi connectivity index (χ4v) is 1.66. The third kappa shape index (κ3) is 3.21. The molecule has 0 saturated carbocycles. The van der Waals surface area contributed by atoms with E-state index in [1.807, 2.05) is 0 Å². The highest BCUT2D eigenvalue weighted by molar-refractivity contribution is 5.65. The number of aliphatic hydroxyl groups is 2. The average molecular weight is 268 g/mol. The lowest BCUT2D eigenvalue weighted by Gasteiger charge is -2.35. The molecule has 0 radical (unpaired) electrons. The quantitative estimate of drug-likeness (QED) is 0.628. The Morgan fingerprint density at radius 1 is 1.47 bits per heavy atom. The number of hydrogen-bond acceptors (Lipinski definition) is 5. The van der Waals surface area contributed by atoms with E-state index in [2.05, 4.69) is 0 Å². The molecule has 1 aromatic carbocycles. The van der Waals surface area contributed by atoms with E-state index < -0.39 is 16.6 Å². The molecule has 0 saturated heterocycles. The summed E-state index contributed by atoms with van der Waals surface area (Å²) in [4.78, 5) is 12.3. The van der Waals surface area contributed by atoms with E-state index in [-0.39, 0.29) is 12.3 Å². The number of aliphatic hydroxyl groups excluding tert-OH is 2. The summed E-state index contributed by atoms with van der Waals surface area (Å²) in [6.07, 6.45) is -0.760. The average Bonchev–Trinajstić information content (AvgIpc) is 2.36. The largest absolute Gasteiger partial charge is 0.394 e. The first kappa shape index (κ1) is 15.4. The van der Waals surface area contributed by atoms with Crippen LogP contribution in [0.5, 0.6) is 0 Å². The Morgan fingerprint density at radius 2 is 2.05 bits per heavy atom. The van der Waals surface area contributed by atoms with Crippen LogP contribution in [0.25, 0.3) is 0 Å². The summed E-state index contributed by atoms with van der Waals surface area (Å²) in [5.74, 6) is 0. The number of nitrogens with zero attached hydrogens (tertiary/aromatic N) is 2. The molecule has 0 bridgehead atoms. The predicted molar refractivity (Wildman–Crippen MR) is 73.3 cm³/mol. The van der Waals surface area contributed by atoms with Crippen molar-refractivity contribution in [3.63, 3.8) is 0 Å². The van der Waals surface area contributed by atoms with Crippen LogP contribution in [0, 0.1) is 10.1 Å². The van der Waals surface area contributed by atoms with Gasteiger partial charge < -0.3 is 15.1 Å². The standard InChI is InChI=1S/C13H20N2O4/c1-9(17)10-5-6-11(12(7-10)15(18)19)14(4)13(2,3)8-16/h5-7,9,16-17H,8H2,1-4H3/t9-/m1/s1. The highest BCUT2D eigenvalue weighted by Crippen LogP contribution is 2.33. The van der Waals surface area contributed by atoms with Crippen molar-refractivity contribution in [1.82, 2.24) is 0 Å². The summed E-state index contributed by atoms with van der Waals surface area (Å²) < 4.78 is 0. The molecule has 6 heteroatoms. The lowest BCUT2D eigenvalue weighted by atomic mass is 10.0. The number of rotatable bonds is 5. The monoisotopic (exact) mass is 268 g/mol. The van der Waals surface area contributed by atoms with E-state index in [9.17, 15) is 20.3 Å². The maximum Gasteiger partial charge on any atom is 0.292 e. The van der Waals surface area contributed by atoms with Gasteiger partial charge in [0.15, 0.2) is 0 Å². The lowest BCUT2D eigenvalue weighted by Crippen LogP contribution is -2.44. The van der Waals surface area contributed by atoms with Crippen LogP contribution in [0.3, 0.4) is 0 Å². The zero-order valence-electron chi connectivity index (χ0n) is 11.6. The van der Waals surface area contributed by atoms with Crippen molar-refractivity contribution in [3.8, 4) is 0 Å². The third-order valence-corrected chi connectivity index (χ3v) is 3.33. The van der Waals surface area contributed by atoms with Crippen molar-refractivity contribution in [3.05, 3.63) is 33.9 Å². The summed E-state index contributed by atoms with van der Waals surface area (Å²) in [5.41, 5.74) is 0.207. The molecule has 1 atom stereocenters. The normalized spacial score (nSPS) is 13.2. The van der Waals surface area contributed by atoms with E-state index in [4.69, 9.17) is 0 Å². The van der Waals surface area contributed by atoms with Gasteiger partial charge in [-0.1, -0.05) is 6.07 Å². The maximum atomic E-state index is 11.2. The summed E-state index contributed by atoms with van der Waals surface area (Å²) in [7, 11) is 1.70. The molecule has 0 amide bonds. The Morgan fingerprint density at radius 3 is 2.47 bits per heavy atom. The topological polar surface area (TPSA) is 86.8 Å². The van der Waals surface area contributed by atoms with Crippen molar-refractivity contribution in [2.45, 2.75) is 32.4 Å². The Bertz CT molecular complexity index is 472. The minimum absolute atomic E-state index is 0.0811. The molecule has 19 heavy (non-hydrogen) atoms. The summed E-state index contributed by atoms with van der Waals surface area (Å²) in [6, 6.07) is 4.61. The van der Waals surface area contributed by atoms with Crippen LogP contribution in [0.15, 0.2) is 18.2 Å². The van der Waals surface area contributed by atoms with Crippen molar-refractivity contribution < 1.29 is 15.1 Å². The van der Waals surface area contributed by atoms with Crippen LogP contribution in [-0.4, -0.2) is 34.3 Å². The second kappa shape index (κ2) is 5.54. The minimum atomic E-state index is -0.760. The molecule has 6 nitrogen and oxygen atoms in total. The fraction of sp³-hybridized carbons (Fsp3) is 0.538. The van der Waals surface area contributed by atoms with Gasteiger partial charge >= 0.3 is 0 Å². The van der Waals surface area contributed by atoms with E-state index in [1.54, 1.807) is 44.9 Å². The van der Waals surface area contributed by atoms with E-state index in [0.29, 0.717) is 11.3 Å². The van der Waals surface area contributed by atoms with Crippen LogP contribution in [-0.2, 0) is 0 Å². The molecular formula is C13H20N2O4.